The Kier molecular flexibility index (Phi) is 3.44. The predicted molar refractivity (Wildman–Crippen MR) is 70.5 cm³/mol. The summed E-state index contributed by atoms with van der Waals surface area (Å²) in [5.41, 5.74) is 1.25. The van der Waals surface area contributed by atoms with Crippen LogP contribution in [0.2, 0.25) is 0 Å². The first-order chi connectivity index (χ1) is 8.68. The summed E-state index contributed by atoms with van der Waals surface area (Å²) < 4.78 is 32.3. The Morgan fingerprint density at radius 3 is 2.61 bits per heavy atom. The quantitative estimate of drug-likeness (QED) is 0.831. The van der Waals surface area contributed by atoms with Gasteiger partial charge in [0.25, 0.3) is 10.0 Å². The van der Waals surface area contributed by atoms with Gasteiger partial charge in [-0.1, -0.05) is 0 Å². The van der Waals surface area contributed by atoms with Gasteiger partial charge in [-0.05, 0) is 37.3 Å². The zero-order valence-corrected chi connectivity index (χ0v) is 11.9. The molecular weight excluding hydrogens is 270 g/mol. The van der Waals surface area contributed by atoms with Crippen LogP contribution in [0.5, 0.6) is 0 Å². The first-order valence-corrected chi connectivity index (χ1v) is 8.63. The van der Waals surface area contributed by atoms with Gasteiger partial charge >= 0.3 is 0 Å². The van der Waals surface area contributed by atoms with Crippen LogP contribution in [0, 0.1) is 0 Å². The third-order valence-electron chi connectivity index (χ3n) is 3.54. The minimum Gasteiger partial charge on any atom is -0.379 e. The van der Waals surface area contributed by atoms with E-state index in [9.17, 15) is 8.42 Å². The van der Waals surface area contributed by atoms with E-state index in [1.165, 1.54) is 34.6 Å². The van der Waals surface area contributed by atoms with Gasteiger partial charge < -0.3 is 4.74 Å². The Labute approximate surface area is 112 Å². The summed E-state index contributed by atoms with van der Waals surface area (Å²) in [5, 5.41) is 0. The highest BCUT2D eigenvalue weighted by Gasteiger charge is 2.29. The molecule has 0 aromatic carbocycles. The van der Waals surface area contributed by atoms with Gasteiger partial charge in [-0.2, -0.15) is 4.31 Å². The second-order valence-corrected chi connectivity index (χ2v) is 8.04. The summed E-state index contributed by atoms with van der Waals surface area (Å²) in [6.07, 6.45) is 4.44. The molecule has 1 fully saturated rings. The largest absolute Gasteiger partial charge is 0.379 e. The molecule has 0 N–H and O–H groups in total. The van der Waals surface area contributed by atoms with Gasteiger partial charge in [-0.3, -0.25) is 0 Å². The van der Waals surface area contributed by atoms with Crippen molar-refractivity contribution in [1.82, 2.24) is 4.31 Å². The highest BCUT2D eigenvalue weighted by molar-refractivity contribution is 7.91. The average molecular weight is 287 g/mol. The molecule has 18 heavy (non-hydrogen) atoms. The molecule has 0 saturated carbocycles. The molecule has 0 unspecified atom stereocenters. The maximum absolute atomic E-state index is 12.5. The molecule has 3 rings (SSSR count). The molecule has 2 heterocycles. The average Bonchev–Trinajstić information content (AvgIpc) is 2.84. The van der Waals surface area contributed by atoms with E-state index in [-0.39, 0.29) is 0 Å². The lowest BCUT2D eigenvalue weighted by molar-refractivity contribution is 0.0731. The van der Waals surface area contributed by atoms with Crippen molar-refractivity contribution in [2.24, 2.45) is 0 Å². The van der Waals surface area contributed by atoms with E-state index in [1.54, 1.807) is 4.31 Å². The predicted octanol–water partition coefficient (Wildman–Crippen LogP) is 1.65. The van der Waals surface area contributed by atoms with Gasteiger partial charge in [0, 0.05) is 18.0 Å². The summed E-state index contributed by atoms with van der Waals surface area (Å²) in [4.78, 5) is 1.27. The van der Waals surface area contributed by atoms with E-state index in [1.807, 2.05) is 6.07 Å². The van der Waals surface area contributed by atoms with Gasteiger partial charge in [0.1, 0.15) is 4.21 Å². The van der Waals surface area contributed by atoms with Gasteiger partial charge in [-0.15, -0.1) is 11.3 Å². The fourth-order valence-corrected chi connectivity index (χ4v) is 5.70. The number of aryl methyl sites for hydroxylation is 2. The number of hydrogen-bond donors (Lipinski definition) is 0. The van der Waals surface area contributed by atoms with Crippen molar-refractivity contribution in [3.8, 4) is 0 Å². The molecule has 4 nitrogen and oxygen atoms in total. The fourth-order valence-electron chi connectivity index (χ4n) is 2.50. The summed E-state index contributed by atoms with van der Waals surface area (Å²) in [6, 6.07) is 1.89. The van der Waals surface area contributed by atoms with Gasteiger partial charge in [0.15, 0.2) is 0 Å². The fraction of sp³-hybridized carbons (Fsp3) is 0.667. The van der Waals surface area contributed by atoms with Crippen LogP contribution >= 0.6 is 11.3 Å². The highest BCUT2D eigenvalue weighted by Crippen LogP contribution is 2.33. The van der Waals surface area contributed by atoms with Crippen LogP contribution < -0.4 is 0 Å². The number of ether oxygens (including phenoxy) is 1. The van der Waals surface area contributed by atoms with Crippen LogP contribution in [0.15, 0.2) is 10.3 Å². The molecule has 100 valence electrons. The SMILES string of the molecule is O=S(=O)(c1cc2c(s1)CCCC2)N1CCOCC1. The van der Waals surface area contributed by atoms with E-state index >= 15 is 0 Å². The molecule has 0 radical (unpaired) electrons. The maximum atomic E-state index is 12.5. The Hall–Kier alpha value is -0.430. The molecule has 0 spiro atoms. The van der Waals surface area contributed by atoms with Gasteiger partial charge in [0.05, 0.1) is 13.2 Å². The number of rotatable bonds is 2. The Balaban J connectivity index is 1.90. The lowest BCUT2D eigenvalue weighted by Crippen LogP contribution is -2.40. The standard InChI is InChI=1S/C12H17NO3S2/c14-18(15,13-5-7-16-8-6-13)12-9-10-3-1-2-4-11(10)17-12/h9H,1-8H2. The maximum Gasteiger partial charge on any atom is 0.252 e. The first kappa shape index (κ1) is 12.6. The zero-order chi connectivity index (χ0) is 12.6. The topological polar surface area (TPSA) is 46.6 Å². The summed E-state index contributed by atoms with van der Waals surface area (Å²) in [6.45, 7) is 1.96. The van der Waals surface area contributed by atoms with Crippen molar-refractivity contribution in [1.29, 1.82) is 0 Å². The normalized spacial score (nSPS) is 21.8. The minimum absolute atomic E-state index is 0.477. The van der Waals surface area contributed by atoms with Crippen molar-refractivity contribution in [3.05, 3.63) is 16.5 Å². The number of sulfonamides is 1. The van der Waals surface area contributed by atoms with Crippen LogP contribution in [0.25, 0.3) is 0 Å². The summed E-state index contributed by atoms with van der Waals surface area (Å²) in [7, 11) is -3.28. The lowest BCUT2D eigenvalue weighted by atomic mass is 10.00. The second-order valence-electron chi connectivity index (χ2n) is 4.74. The Morgan fingerprint density at radius 1 is 1.17 bits per heavy atom. The number of nitrogens with zero attached hydrogens (tertiary/aromatic N) is 1. The van der Waals surface area contributed by atoms with E-state index < -0.39 is 10.0 Å². The highest BCUT2D eigenvalue weighted by atomic mass is 32.2. The van der Waals surface area contributed by atoms with Crippen LogP contribution in [-0.2, 0) is 27.6 Å². The van der Waals surface area contributed by atoms with Crippen LogP contribution in [-0.4, -0.2) is 39.0 Å². The third kappa shape index (κ3) is 2.22. The van der Waals surface area contributed by atoms with E-state index in [0.29, 0.717) is 30.5 Å². The summed E-state index contributed by atoms with van der Waals surface area (Å²) in [5.74, 6) is 0. The molecule has 0 amide bonds. The number of fused-ring (bicyclic) bond motifs is 1. The number of morpholine rings is 1. The molecule has 2 aliphatic rings. The van der Waals surface area contributed by atoms with Crippen LogP contribution in [0.1, 0.15) is 23.3 Å². The Bertz CT molecular complexity index is 506. The van der Waals surface area contributed by atoms with Gasteiger partial charge in [0.2, 0.25) is 0 Å². The van der Waals surface area contributed by atoms with E-state index in [4.69, 9.17) is 4.74 Å². The molecule has 1 aromatic rings. The van der Waals surface area contributed by atoms with Crippen molar-refractivity contribution in [2.45, 2.75) is 29.9 Å². The number of thiophene rings is 1. The molecule has 1 aromatic heterocycles. The van der Waals surface area contributed by atoms with E-state index in [0.717, 1.165) is 12.8 Å². The lowest BCUT2D eigenvalue weighted by Gasteiger charge is -2.25. The van der Waals surface area contributed by atoms with Crippen molar-refractivity contribution in [2.75, 3.05) is 26.3 Å². The third-order valence-corrected chi connectivity index (χ3v) is 7.12. The minimum atomic E-state index is -3.28. The van der Waals surface area contributed by atoms with Gasteiger partial charge in [-0.25, -0.2) is 8.42 Å². The molecule has 1 aliphatic heterocycles. The van der Waals surface area contributed by atoms with E-state index in [2.05, 4.69) is 0 Å². The molecular formula is C12H17NO3S2. The molecule has 0 bridgehead atoms. The molecule has 1 aliphatic carbocycles. The molecule has 0 atom stereocenters. The first-order valence-electron chi connectivity index (χ1n) is 6.37. The summed E-state index contributed by atoms with van der Waals surface area (Å²) >= 11 is 1.47. The zero-order valence-electron chi connectivity index (χ0n) is 10.2. The Morgan fingerprint density at radius 2 is 1.89 bits per heavy atom. The smallest absolute Gasteiger partial charge is 0.252 e. The molecule has 6 heteroatoms. The van der Waals surface area contributed by atoms with Crippen LogP contribution in [0.3, 0.4) is 0 Å². The van der Waals surface area contributed by atoms with Crippen molar-refractivity contribution < 1.29 is 13.2 Å². The number of hydrogen-bond acceptors (Lipinski definition) is 4. The monoisotopic (exact) mass is 287 g/mol. The second kappa shape index (κ2) is 4.92. The van der Waals surface area contributed by atoms with Crippen molar-refractivity contribution >= 4 is 21.4 Å². The van der Waals surface area contributed by atoms with Crippen molar-refractivity contribution in [3.63, 3.8) is 0 Å². The van der Waals surface area contributed by atoms with Crippen LogP contribution in [0.4, 0.5) is 0 Å². The molecule has 1 saturated heterocycles.